The maximum Gasteiger partial charge on any atom is 0.0466 e. The van der Waals surface area contributed by atoms with Crippen molar-refractivity contribution in [2.24, 2.45) is 0 Å². The summed E-state index contributed by atoms with van der Waals surface area (Å²) in [5.74, 6) is 0. The molecule has 0 bridgehead atoms. The van der Waals surface area contributed by atoms with Gasteiger partial charge in [-0.15, -0.1) is 0 Å². The van der Waals surface area contributed by atoms with E-state index in [4.69, 9.17) is 4.74 Å². The first kappa shape index (κ1) is 15.2. The molecule has 1 unspecified atom stereocenters. The first-order valence-electron chi connectivity index (χ1n) is 7.15. The van der Waals surface area contributed by atoms with Crippen LogP contribution in [0.15, 0.2) is 24.3 Å². The largest absolute Gasteiger partial charge is 0.382 e. The SMILES string of the molecule is CCCc1cccc(C(CCCOCC)NC)c1. The van der Waals surface area contributed by atoms with E-state index in [0.717, 1.165) is 26.1 Å². The highest BCUT2D eigenvalue weighted by Crippen LogP contribution is 2.20. The topological polar surface area (TPSA) is 21.3 Å². The summed E-state index contributed by atoms with van der Waals surface area (Å²) >= 11 is 0. The molecule has 0 aliphatic heterocycles. The second-order valence-electron chi connectivity index (χ2n) is 4.68. The van der Waals surface area contributed by atoms with Gasteiger partial charge in [0.15, 0.2) is 0 Å². The van der Waals surface area contributed by atoms with Crippen LogP contribution in [0.5, 0.6) is 0 Å². The summed E-state index contributed by atoms with van der Waals surface area (Å²) in [7, 11) is 2.04. The molecule has 18 heavy (non-hydrogen) atoms. The highest BCUT2D eigenvalue weighted by molar-refractivity contribution is 5.26. The van der Waals surface area contributed by atoms with Crippen LogP contribution in [0.4, 0.5) is 0 Å². The predicted octanol–water partition coefficient (Wildman–Crippen LogP) is 3.72. The lowest BCUT2D eigenvalue weighted by Crippen LogP contribution is -2.17. The minimum Gasteiger partial charge on any atom is -0.382 e. The lowest BCUT2D eigenvalue weighted by Gasteiger charge is -2.17. The predicted molar refractivity (Wildman–Crippen MR) is 78.0 cm³/mol. The molecule has 102 valence electrons. The second kappa shape index (κ2) is 9.12. The third-order valence-corrected chi connectivity index (χ3v) is 3.23. The Labute approximate surface area is 112 Å². The summed E-state index contributed by atoms with van der Waals surface area (Å²) in [5, 5.41) is 3.41. The van der Waals surface area contributed by atoms with E-state index in [1.165, 1.54) is 24.0 Å². The van der Waals surface area contributed by atoms with Crippen LogP contribution in [0.2, 0.25) is 0 Å². The monoisotopic (exact) mass is 249 g/mol. The molecule has 1 aromatic carbocycles. The van der Waals surface area contributed by atoms with Gasteiger partial charge in [0.1, 0.15) is 0 Å². The number of aryl methyl sites for hydroxylation is 1. The lowest BCUT2D eigenvalue weighted by atomic mass is 9.99. The van der Waals surface area contributed by atoms with Gasteiger partial charge in [-0.2, -0.15) is 0 Å². The summed E-state index contributed by atoms with van der Waals surface area (Å²) in [6.45, 7) is 5.95. The zero-order valence-electron chi connectivity index (χ0n) is 12.0. The molecule has 0 heterocycles. The average molecular weight is 249 g/mol. The quantitative estimate of drug-likeness (QED) is 0.674. The summed E-state index contributed by atoms with van der Waals surface area (Å²) in [6, 6.07) is 9.40. The van der Waals surface area contributed by atoms with Gasteiger partial charge in [-0.25, -0.2) is 0 Å². The molecule has 0 saturated heterocycles. The van der Waals surface area contributed by atoms with Crippen LogP contribution >= 0.6 is 0 Å². The van der Waals surface area contributed by atoms with Crippen LogP contribution < -0.4 is 5.32 Å². The van der Waals surface area contributed by atoms with Crippen molar-refractivity contribution in [3.63, 3.8) is 0 Å². The molecule has 2 heteroatoms. The molecule has 1 atom stereocenters. The molecule has 0 fully saturated rings. The molecule has 0 spiro atoms. The molecule has 0 aliphatic carbocycles. The van der Waals surface area contributed by atoms with E-state index < -0.39 is 0 Å². The fourth-order valence-corrected chi connectivity index (χ4v) is 2.27. The van der Waals surface area contributed by atoms with Crippen molar-refractivity contribution in [2.75, 3.05) is 20.3 Å². The van der Waals surface area contributed by atoms with Crippen LogP contribution in [-0.2, 0) is 11.2 Å². The Hall–Kier alpha value is -0.860. The summed E-state index contributed by atoms with van der Waals surface area (Å²) in [4.78, 5) is 0. The van der Waals surface area contributed by atoms with Gasteiger partial charge < -0.3 is 10.1 Å². The van der Waals surface area contributed by atoms with Crippen LogP contribution in [0.3, 0.4) is 0 Å². The zero-order chi connectivity index (χ0) is 13.2. The van der Waals surface area contributed by atoms with Gasteiger partial charge in [0, 0.05) is 19.3 Å². The van der Waals surface area contributed by atoms with E-state index in [9.17, 15) is 0 Å². The number of hydrogen-bond acceptors (Lipinski definition) is 2. The molecule has 0 aromatic heterocycles. The zero-order valence-corrected chi connectivity index (χ0v) is 12.0. The third kappa shape index (κ3) is 5.19. The Morgan fingerprint density at radius 2 is 2.11 bits per heavy atom. The lowest BCUT2D eigenvalue weighted by molar-refractivity contribution is 0.141. The molecular formula is C16H27NO. The molecule has 0 amide bonds. The third-order valence-electron chi connectivity index (χ3n) is 3.23. The Bertz CT molecular complexity index is 325. The van der Waals surface area contributed by atoms with Crippen LogP contribution in [0.1, 0.15) is 50.3 Å². The minimum atomic E-state index is 0.447. The Kier molecular flexibility index (Phi) is 7.70. The number of hydrogen-bond donors (Lipinski definition) is 1. The summed E-state index contributed by atoms with van der Waals surface area (Å²) in [5.41, 5.74) is 2.85. The minimum absolute atomic E-state index is 0.447. The molecule has 1 rings (SSSR count). The van der Waals surface area contributed by atoms with E-state index in [-0.39, 0.29) is 0 Å². The average Bonchev–Trinajstić information content (AvgIpc) is 2.40. The number of rotatable bonds is 9. The highest BCUT2D eigenvalue weighted by atomic mass is 16.5. The Balaban J connectivity index is 2.54. The van der Waals surface area contributed by atoms with Crippen molar-refractivity contribution in [1.82, 2.24) is 5.32 Å². The molecule has 1 aromatic rings. The fraction of sp³-hybridized carbons (Fsp3) is 0.625. The fourth-order valence-electron chi connectivity index (χ4n) is 2.27. The normalized spacial score (nSPS) is 12.6. The van der Waals surface area contributed by atoms with Crippen molar-refractivity contribution in [3.8, 4) is 0 Å². The smallest absolute Gasteiger partial charge is 0.0466 e. The molecule has 0 radical (unpaired) electrons. The molecule has 2 nitrogen and oxygen atoms in total. The van der Waals surface area contributed by atoms with Gasteiger partial charge >= 0.3 is 0 Å². The first-order chi connectivity index (χ1) is 8.81. The standard InChI is InChI=1S/C16H27NO/c1-4-8-14-9-6-10-15(13-14)16(17-3)11-7-12-18-5-2/h6,9-10,13,16-17H,4-5,7-8,11-12H2,1-3H3. The van der Waals surface area contributed by atoms with Crippen molar-refractivity contribution in [2.45, 2.75) is 45.6 Å². The van der Waals surface area contributed by atoms with Crippen LogP contribution in [0, 0.1) is 0 Å². The molecular weight excluding hydrogens is 222 g/mol. The van der Waals surface area contributed by atoms with E-state index in [1.807, 2.05) is 14.0 Å². The number of ether oxygens (including phenoxy) is 1. The van der Waals surface area contributed by atoms with Gasteiger partial charge in [0.05, 0.1) is 0 Å². The highest BCUT2D eigenvalue weighted by Gasteiger charge is 2.09. The van der Waals surface area contributed by atoms with E-state index in [0.29, 0.717) is 6.04 Å². The van der Waals surface area contributed by atoms with Crippen molar-refractivity contribution in [1.29, 1.82) is 0 Å². The summed E-state index contributed by atoms with van der Waals surface area (Å²) < 4.78 is 5.40. The van der Waals surface area contributed by atoms with Crippen molar-refractivity contribution in [3.05, 3.63) is 35.4 Å². The Morgan fingerprint density at radius 1 is 1.28 bits per heavy atom. The van der Waals surface area contributed by atoms with Crippen molar-refractivity contribution < 1.29 is 4.74 Å². The molecule has 0 saturated carbocycles. The number of benzene rings is 1. The maximum atomic E-state index is 5.40. The van der Waals surface area contributed by atoms with Gasteiger partial charge in [0.2, 0.25) is 0 Å². The Morgan fingerprint density at radius 3 is 2.78 bits per heavy atom. The van der Waals surface area contributed by atoms with Gasteiger partial charge in [-0.3, -0.25) is 0 Å². The second-order valence-corrected chi connectivity index (χ2v) is 4.68. The maximum absolute atomic E-state index is 5.40. The number of nitrogens with one attached hydrogen (secondary N) is 1. The molecule has 1 N–H and O–H groups in total. The van der Waals surface area contributed by atoms with Crippen molar-refractivity contribution >= 4 is 0 Å². The van der Waals surface area contributed by atoms with E-state index in [1.54, 1.807) is 0 Å². The summed E-state index contributed by atoms with van der Waals surface area (Å²) in [6.07, 6.45) is 4.62. The van der Waals surface area contributed by atoms with Gasteiger partial charge in [-0.1, -0.05) is 37.6 Å². The van der Waals surface area contributed by atoms with Crippen LogP contribution in [-0.4, -0.2) is 20.3 Å². The van der Waals surface area contributed by atoms with Gasteiger partial charge in [-0.05, 0) is 44.4 Å². The van der Waals surface area contributed by atoms with Gasteiger partial charge in [0.25, 0.3) is 0 Å². The molecule has 0 aliphatic rings. The first-order valence-corrected chi connectivity index (χ1v) is 7.15. The van der Waals surface area contributed by atoms with Crippen LogP contribution in [0.25, 0.3) is 0 Å². The van der Waals surface area contributed by atoms with E-state index in [2.05, 4.69) is 36.5 Å². The van der Waals surface area contributed by atoms with E-state index >= 15 is 0 Å².